The van der Waals surface area contributed by atoms with Crippen LogP contribution in [0.4, 0.5) is 5.69 Å². The van der Waals surface area contributed by atoms with Gasteiger partial charge >= 0.3 is 0 Å². The predicted octanol–water partition coefficient (Wildman–Crippen LogP) is 2.97. The van der Waals surface area contributed by atoms with E-state index in [0.29, 0.717) is 6.54 Å². The van der Waals surface area contributed by atoms with Gasteiger partial charge in [-0.1, -0.05) is 18.2 Å². The number of aromatic nitrogens is 1. The molecule has 2 aromatic rings. The van der Waals surface area contributed by atoms with E-state index in [1.807, 2.05) is 53.7 Å². The Hall–Kier alpha value is -1.76. The number of carbonyl (C=O) groups is 1. The number of para-hydroxylation sites is 1. The highest BCUT2D eigenvalue weighted by atomic mass is 32.1. The summed E-state index contributed by atoms with van der Waals surface area (Å²) >= 11 is 1.72. The first-order valence-corrected chi connectivity index (χ1v) is 10.2. The van der Waals surface area contributed by atoms with Gasteiger partial charge in [0.1, 0.15) is 6.10 Å². The predicted molar refractivity (Wildman–Crippen MR) is 104 cm³/mol. The van der Waals surface area contributed by atoms with Gasteiger partial charge in [-0.15, -0.1) is 11.3 Å². The van der Waals surface area contributed by atoms with Crippen LogP contribution in [0.15, 0.2) is 41.9 Å². The number of ether oxygens (including phenoxy) is 1. The van der Waals surface area contributed by atoms with E-state index < -0.39 is 0 Å². The highest BCUT2D eigenvalue weighted by Crippen LogP contribution is 2.35. The van der Waals surface area contributed by atoms with Crippen LogP contribution in [-0.2, 0) is 16.0 Å². The fourth-order valence-electron chi connectivity index (χ4n) is 3.96. The van der Waals surface area contributed by atoms with Crippen LogP contribution in [0, 0.1) is 0 Å². The van der Waals surface area contributed by atoms with Crippen LogP contribution in [0.1, 0.15) is 24.8 Å². The van der Waals surface area contributed by atoms with Gasteiger partial charge in [0, 0.05) is 43.3 Å². The molecule has 2 aliphatic heterocycles. The lowest BCUT2D eigenvalue weighted by molar-refractivity contribution is -0.161. The molecule has 1 unspecified atom stereocenters. The fourth-order valence-corrected chi connectivity index (χ4v) is 4.57. The zero-order valence-corrected chi connectivity index (χ0v) is 16.0. The Bertz CT molecular complexity index is 727. The summed E-state index contributed by atoms with van der Waals surface area (Å²) in [4.78, 5) is 21.4. The number of likely N-dealkylation sites (tertiary alicyclic amines) is 1. The number of hydrogen-bond acceptors (Lipinski definition) is 5. The number of thiazole rings is 1. The average Bonchev–Trinajstić information content (AvgIpc) is 3.19. The maximum absolute atomic E-state index is 12.6. The molecular formula is C20H25N3O2S. The van der Waals surface area contributed by atoms with Crippen molar-refractivity contribution in [3.63, 3.8) is 0 Å². The van der Waals surface area contributed by atoms with Crippen LogP contribution in [-0.4, -0.2) is 53.7 Å². The van der Waals surface area contributed by atoms with Crippen molar-refractivity contribution in [2.45, 2.75) is 37.9 Å². The number of benzene rings is 1. The molecule has 0 N–H and O–H groups in total. The molecule has 138 valence electrons. The molecule has 0 saturated carbocycles. The van der Waals surface area contributed by atoms with Crippen molar-refractivity contribution in [3.8, 4) is 0 Å². The summed E-state index contributed by atoms with van der Waals surface area (Å²) < 4.78 is 6.25. The average molecular weight is 372 g/mol. The Morgan fingerprint density at radius 3 is 2.73 bits per heavy atom. The molecule has 1 aromatic carbocycles. The lowest BCUT2D eigenvalue weighted by atomic mass is 9.88. The normalized spacial score (nSPS) is 23.5. The number of anilines is 1. The molecule has 0 bridgehead atoms. The van der Waals surface area contributed by atoms with Gasteiger partial charge in [-0.2, -0.15) is 0 Å². The van der Waals surface area contributed by atoms with E-state index in [1.54, 1.807) is 11.3 Å². The number of rotatable bonds is 4. The summed E-state index contributed by atoms with van der Waals surface area (Å²) in [5, 5.41) is 3.24. The van der Waals surface area contributed by atoms with Crippen molar-refractivity contribution in [1.82, 2.24) is 9.88 Å². The Labute approximate surface area is 158 Å². The lowest BCUT2D eigenvalue weighted by Gasteiger charge is -2.49. The van der Waals surface area contributed by atoms with Crippen molar-refractivity contribution in [3.05, 3.63) is 46.9 Å². The van der Waals surface area contributed by atoms with Gasteiger partial charge in [-0.3, -0.25) is 4.79 Å². The van der Waals surface area contributed by atoms with Crippen molar-refractivity contribution in [1.29, 1.82) is 0 Å². The van der Waals surface area contributed by atoms with E-state index in [9.17, 15) is 4.79 Å². The summed E-state index contributed by atoms with van der Waals surface area (Å²) in [7, 11) is 0. The summed E-state index contributed by atoms with van der Waals surface area (Å²) in [5.41, 5.74) is 0.749. The molecule has 6 heteroatoms. The Kier molecular flexibility index (Phi) is 5.07. The second-order valence-corrected chi connectivity index (χ2v) is 8.20. The second-order valence-electron chi connectivity index (χ2n) is 7.22. The molecule has 1 aromatic heterocycles. The fraction of sp³-hybridized carbons (Fsp3) is 0.500. The maximum Gasteiger partial charge on any atom is 0.255 e. The Morgan fingerprint density at radius 1 is 1.27 bits per heavy atom. The lowest BCUT2D eigenvalue weighted by Crippen LogP contribution is -2.61. The molecule has 4 rings (SSSR count). The molecule has 2 fully saturated rings. The van der Waals surface area contributed by atoms with Crippen molar-refractivity contribution in [2.75, 3.05) is 31.1 Å². The van der Waals surface area contributed by atoms with Crippen LogP contribution in [0.25, 0.3) is 0 Å². The Morgan fingerprint density at radius 2 is 2.04 bits per heavy atom. The molecule has 0 radical (unpaired) electrons. The van der Waals surface area contributed by atoms with E-state index in [1.165, 1.54) is 5.01 Å². The molecule has 3 heterocycles. The number of morpholine rings is 1. The molecule has 2 aliphatic rings. The van der Waals surface area contributed by atoms with Gasteiger partial charge in [0.15, 0.2) is 0 Å². The largest absolute Gasteiger partial charge is 0.360 e. The minimum atomic E-state index is -0.383. The first-order chi connectivity index (χ1) is 12.7. The van der Waals surface area contributed by atoms with Crippen LogP contribution in [0.2, 0.25) is 0 Å². The number of amides is 1. The highest BCUT2D eigenvalue weighted by Gasteiger charge is 2.45. The molecule has 1 spiro atoms. The van der Waals surface area contributed by atoms with E-state index >= 15 is 0 Å². The first-order valence-electron chi connectivity index (χ1n) is 9.30. The zero-order chi connectivity index (χ0) is 18.0. The molecule has 26 heavy (non-hydrogen) atoms. The van der Waals surface area contributed by atoms with Gasteiger partial charge in [0.2, 0.25) is 0 Å². The van der Waals surface area contributed by atoms with Gasteiger partial charge in [-0.25, -0.2) is 4.98 Å². The smallest absolute Gasteiger partial charge is 0.255 e. The molecule has 2 saturated heterocycles. The highest BCUT2D eigenvalue weighted by molar-refractivity contribution is 7.09. The third-order valence-corrected chi connectivity index (χ3v) is 6.29. The van der Waals surface area contributed by atoms with Gasteiger partial charge in [0.25, 0.3) is 5.91 Å². The van der Waals surface area contributed by atoms with E-state index in [4.69, 9.17) is 4.74 Å². The maximum atomic E-state index is 12.6. The Balaban J connectivity index is 1.40. The first kappa shape index (κ1) is 17.6. The van der Waals surface area contributed by atoms with E-state index in [2.05, 4.69) is 9.88 Å². The van der Waals surface area contributed by atoms with Crippen molar-refractivity contribution in [2.24, 2.45) is 0 Å². The van der Waals surface area contributed by atoms with Gasteiger partial charge in [0.05, 0.1) is 17.2 Å². The topological polar surface area (TPSA) is 45.7 Å². The molecule has 1 atom stereocenters. The number of hydrogen-bond donors (Lipinski definition) is 0. The van der Waals surface area contributed by atoms with Crippen LogP contribution in [0.3, 0.4) is 0 Å². The standard InChI is InChI=1S/C20H25N3O2S/c1-16-19(24)23(17-5-3-2-4-6-17)15-20(25-16)8-12-22(13-9-20)11-7-18-21-10-14-26-18/h2-6,10,14,16H,7-9,11-13,15H2,1H3. The molecule has 1 amide bonds. The summed E-state index contributed by atoms with van der Waals surface area (Å²) in [5.74, 6) is 0.0630. The number of carbonyl (C=O) groups excluding carboxylic acids is 1. The van der Waals surface area contributed by atoms with Crippen molar-refractivity contribution < 1.29 is 9.53 Å². The van der Waals surface area contributed by atoms with Gasteiger partial charge in [-0.05, 0) is 31.9 Å². The monoisotopic (exact) mass is 371 g/mol. The number of nitrogens with zero attached hydrogens (tertiary/aromatic N) is 3. The molecular weight excluding hydrogens is 346 g/mol. The minimum absolute atomic E-state index is 0.0630. The number of piperidine rings is 1. The summed E-state index contributed by atoms with van der Waals surface area (Å²) in [6.45, 7) is 5.60. The third-order valence-electron chi connectivity index (χ3n) is 5.45. The molecule has 0 aliphatic carbocycles. The minimum Gasteiger partial charge on any atom is -0.360 e. The van der Waals surface area contributed by atoms with Crippen LogP contribution < -0.4 is 4.90 Å². The summed E-state index contributed by atoms with van der Waals surface area (Å²) in [6.07, 6.45) is 4.43. The van der Waals surface area contributed by atoms with E-state index in [0.717, 1.165) is 44.6 Å². The summed E-state index contributed by atoms with van der Waals surface area (Å²) in [6, 6.07) is 9.96. The van der Waals surface area contributed by atoms with Crippen LogP contribution in [0.5, 0.6) is 0 Å². The van der Waals surface area contributed by atoms with Crippen molar-refractivity contribution >= 4 is 22.9 Å². The zero-order valence-electron chi connectivity index (χ0n) is 15.1. The SMILES string of the molecule is CC1OC2(CCN(CCc3nccs3)CC2)CN(c2ccccc2)C1=O. The van der Waals surface area contributed by atoms with E-state index in [-0.39, 0.29) is 17.6 Å². The van der Waals surface area contributed by atoms with Crippen LogP contribution >= 0.6 is 11.3 Å². The third kappa shape index (κ3) is 3.68. The second kappa shape index (κ2) is 7.47. The quantitative estimate of drug-likeness (QED) is 0.829. The van der Waals surface area contributed by atoms with Gasteiger partial charge < -0.3 is 14.5 Å². The molecule has 5 nitrogen and oxygen atoms in total.